The number of benzene rings is 4. The second-order valence-electron chi connectivity index (χ2n) is 8.01. The smallest absolute Gasteiger partial charge is 0.363 e. The molecule has 0 unspecified atom stereocenters. The number of aliphatic imine (C=N–C) groups is 1. The minimum Gasteiger partial charge on any atom is -0.487 e. The third-order valence-electron chi connectivity index (χ3n) is 5.46. The number of halogens is 3. The minimum atomic E-state index is -0.461. The van der Waals surface area contributed by atoms with E-state index in [-0.39, 0.29) is 5.70 Å². The zero-order chi connectivity index (χ0) is 25.1. The van der Waals surface area contributed by atoms with Crippen LogP contribution in [0.1, 0.15) is 16.7 Å². The molecule has 1 heterocycles. The van der Waals surface area contributed by atoms with Crippen LogP contribution in [0, 0.1) is 7.14 Å². The first-order chi connectivity index (χ1) is 17.5. The van der Waals surface area contributed by atoms with Crippen molar-refractivity contribution in [1.82, 2.24) is 0 Å². The summed E-state index contributed by atoms with van der Waals surface area (Å²) in [6, 6.07) is 29.9. The summed E-state index contributed by atoms with van der Waals surface area (Å²) in [7, 11) is 0. The number of hydrogen-bond donors (Lipinski definition) is 0. The van der Waals surface area contributed by atoms with Gasteiger partial charge in [-0.2, -0.15) is 0 Å². The highest BCUT2D eigenvalue weighted by Crippen LogP contribution is 2.31. The van der Waals surface area contributed by atoms with Crippen LogP contribution in [0.25, 0.3) is 17.2 Å². The number of hydrogen-bond acceptors (Lipinski definition) is 4. The van der Waals surface area contributed by atoms with Crippen LogP contribution in [0.15, 0.2) is 106 Å². The lowest BCUT2D eigenvalue weighted by atomic mass is 10.0. The van der Waals surface area contributed by atoms with Crippen molar-refractivity contribution in [2.24, 2.45) is 4.99 Å². The number of carbonyl (C=O) groups excluding carboxylic acids is 1. The molecule has 5 rings (SSSR count). The van der Waals surface area contributed by atoms with E-state index in [0.717, 1.165) is 45.2 Å². The van der Waals surface area contributed by atoms with Crippen molar-refractivity contribution in [1.29, 1.82) is 0 Å². The maximum Gasteiger partial charge on any atom is 0.363 e. The van der Waals surface area contributed by atoms with Crippen molar-refractivity contribution in [2.75, 3.05) is 0 Å². The molecular formula is C29H18BrI2NO3. The Labute approximate surface area is 244 Å². The van der Waals surface area contributed by atoms with E-state index in [4.69, 9.17) is 9.47 Å². The second kappa shape index (κ2) is 11.3. The van der Waals surface area contributed by atoms with Gasteiger partial charge in [0.25, 0.3) is 0 Å². The summed E-state index contributed by atoms with van der Waals surface area (Å²) >= 11 is 8.00. The van der Waals surface area contributed by atoms with Gasteiger partial charge in [0.05, 0.1) is 7.14 Å². The average Bonchev–Trinajstić information content (AvgIpc) is 3.24. The fraction of sp³-hybridized carbons (Fsp3) is 0.0345. The van der Waals surface area contributed by atoms with Crippen molar-refractivity contribution in [3.63, 3.8) is 0 Å². The maximum atomic E-state index is 12.5. The third-order valence-corrected chi connectivity index (χ3v) is 7.55. The lowest BCUT2D eigenvalue weighted by molar-refractivity contribution is -0.129. The second-order valence-corrected chi connectivity index (χ2v) is 11.3. The normalized spacial score (nSPS) is 14.0. The molecule has 0 radical (unpaired) electrons. The van der Waals surface area contributed by atoms with E-state index in [1.807, 2.05) is 78.9 Å². The molecule has 0 fully saturated rings. The lowest BCUT2D eigenvalue weighted by Gasteiger charge is -2.12. The Kier molecular flexibility index (Phi) is 7.87. The first-order valence-electron chi connectivity index (χ1n) is 11.0. The SMILES string of the molecule is O=C1OC(c2ccc(-c3ccccc3)cc2)=N/C1=C\c1cc(I)c(OCc2cccc(Br)c2)c(I)c1. The lowest BCUT2D eigenvalue weighted by Crippen LogP contribution is -2.05. The van der Waals surface area contributed by atoms with Crippen molar-refractivity contribution in [2.45, 2.75) is 6.61 Å². The summed E-state index contributed by atoms with van der Waals surface area (Å²) in [6.07, 6.45) is 1.75. The molecule has 4 nitrogen and oxygen atoms in total. The van der Waals surface area contributed by atoms with Gasteiger partial charge in [-0.3, -0.25) is 0 Å². The highest BCUT2D eigenvalue weighted by atomic mass is 127. The molecule has 178 valence electrons. The monoisotopic (exact) mass is 761 g/mol. The fourth-order valence-electron chi connectivity index (χ4n) is 3.71. The molecular weight excluding hydrogens is 744 g/mol. The van der Waals surface area contributed by atoms with Crippen LogP contribution in [-0.2, 0) is 16.1 Å². The Bertz CT molecular complexity index is 1480. The molecule has 0 saturated carbocycles. The van der Waals surface area contributed by atoms with E-state index in [0.29, 0.717) is 12.5 Å². The number of ether oxygens (including phenoxy) is 2. The van der Waals surface area contributed by atoms with Gasteiger partial charge in [0.1, 0.15) is 12.4 Å². The van der Waals surface area contributed by atoms with Crippen LogP contribution in [0.4, 0.5) is 0 Å². The van der Waals surface area contributed by atoms with Gasteiger partial charge in [0, 0.05) is 10.0 Å². The van der Waals surface area contributed by atoms with Crippen LogP contribution in [0.5, 0.6) is 5.75 Å². The van der Waals surface area contributed by atoms with E-state index >= 15 is 0 Å². The summed E-state index contributed by atoms with van der Waals surface area (Å²) in [5, 5.41) is 0. The van der Waals surface area contributed by atoms with Crippen LogP contribution in [0.3, 0.4) is 0 Å². The maximum absolute atomic E-state index is 12.5. The van der Waals surface area contributed by atoms with E-state index in [1.54, 1.807) is 6.08 Å². The first kappa shape index (κ1) is 25.2. The molecule has 0 aromatic heterocycles. The van der Waals surface area contributed by atoms with Crippen LogP contribution in [-0.4, -0.2) is 11.9 Å². The standard InChI is InChI=1S/C29H18BrI2NO3/c30-23-8-4-5-18(13-23)17-35-27-24(31)14-19(15-25(27)32)16-26-29(34)36-28(33-26)22-11-9-21(10-12-22)20-6-2-1-3-7-20/h1-16H,17H2/b26-16-. The van der Waals surface area contributed by atoms with Crippen molar-refractivity contribution >= 4 is 79.1 Å². The molecule has 0 N–H and O–H groups in total. The molecule has 0 aliphatic carbocycles. The molecule has 4 aromatic rings. The zero-order valence-electron chi connectivity index (χ0n) is 18.8. The summed E-state index contributed by atoms with van der Waals surface area (Å²) in [5.74, 6) is 0.663. The molecule has 4 aromatic carbocycles. The van der Waals surface area contributed by atoms with Crippen LogP contribution in [0.2, 0.25) is 0 Å². The molecule has 0 atom stereocenters. The topological polar surface area (TPSA) is 47.9 Å². The Hall–Kier alpha value is -2.50. The van der Waals surface area contributed by atoms with Crippen molar-refractivity contribution in [3.05, 3.63) is 125 Å². The number of nitrogens with zero attached hydrogens (tertiary/aromatic N) is 1. The highest BCUT2D eigenvalue weighted by molar-refractivity contribution is 14.1. The fourth-order valence-corrected chi connectivity index (χ4v) is 6.28. The predicted molar refractivity (Wildman–Crippen MR) is 163 cm³/mol. The molecule has 1 aliphatic rings. The van der Waals surface area contributed by atoms with E-state index < -0.39 is 5.97 Å². The first-order valence-corrected chi connectivity index (χ1v) is 14.0. The third kappa shape index (κ3) is 5.90. The van der Waals surface area contributed by atoms with Crippen molar-refractivity contribution in [3.8, 4) is 16.9 Å². The van der Waals surface area contributed by atoms with Gasteiger partial charge in [0.2, 0.25) is 5.90 Å². The van der Waals surface area contributed by atoms with Crippen LogP contribution >= 0.6 is 61.1 Å². The summed E-state index contributed by atoms with van der Waals surface area (Å²) in [5.41, 5.74) is 5.18. The summed E-state index contributed by atoms with van der Waals surface area (Å²) in [6.45, 7) is 0.467. The van der Waals surface area contributed by atoms with Crippen molar-refractivity contribution < 1.29 is 14.3 Å². The molecule has 0 bridgehead atoms. The Morgan fingerprint density at radius 3 is 2.19 bits per heavy atom. The van der Waals surface area contributed by atoms with E-state index in [9.17, 15) is 4.79 Å². The van der Waals surface area contributed by atoms with Gasteiger partial charge >= 0.3 is 5.97 Å². The number of rotatable bonds is 6. The number of cyclic esters (lactones) is 1. The molecule has 0 amide bonds. The van der Waals surface area contributed by atoms with Gasteiger partial charge in [0.15, 0.2) is 5.70 Å². The number of carbonyl (C=O) groups is 1. The zero-order valence-corrected chi connectivity index (χ0v) is 24.7. The average molecular weight is 762 g/mol. The van der Waals surface area contributed by atoms with Gasteiger partial charge in [-0.25, -0.2) is 9.79 Å². The van der Waals surface area contributed by atoms with E-state index in [1.165, 1.54) is 0 Å². The van der Waals surface area contributed by atoms with Gasteiger partial charge in [-0.1, -0.05) is 70.5 Å². The quantitative estimate of drug-likeness (QED) is 0.113. The summed E-state index contributed by atoms with van der Waals surface area (Å²) < 4.78 is 14.5. The Morgan fingerprint density at radius 1 is 0.833 bits per heavy atom. The molecule has 1 aliphatic heterocycles. The van der Waals surface area contributed by atoms with Gasteiger partial charge in [-0.05, 0) is 110 Å². The number of esters is 1. The summed E-state index contributed by atoms with van der Waals surface area (Å²) in [4.78, 5) is 17.0. The largest absolute Gasteiger partial charge is 0.487 e. The highest BCUT2D eigenvalue weighted by Gasteiger charge is 2.24. The molecule has 36 heavy (non-hydrogen) atoms. The molecule has 0 saturated heterocycles. The van der Waals surface area contributed by atoms with Gasteiger partial charge < -0.3 is 9.47 Å². The predicted octanol–water partition coefficient (Wildman–Crippen LogP) is 8.25. The van der Waals surface area contributed by atoms with E-state index in [2.05, 4.69) is 78.2 Å². The van der Waals surface area contributed by atoms with Crippen LogP contribution < -0.4 is 4.74 Å². The Morgan fingerprint density at radius 2 is 1.50 bits per heavy atom. The molecule has 7 heteroatoms. The Balaban J connectivity index is 1.34. The minimum absolute atomic E-state index is 0.270. The molecule has 0 spiro atoms. The van der Waals surface area contributed by atoms with Gasteiger partial charge in [-0.15, -0.1) is 0 Å².